The maximum atomic E-state index is 12.5. The molecule has 0 spiro atoms. The van der Waals surface area contributed by atoms with Crippen LogP contribution in [-0.4, -0.2) is 13.0 Å². The van der Waals surface area contributed by atoms with Crippen molar-refractivity contribution in [3.63, 3.8) is 0 Å². The normalized spacial score (nSPS) is 12.6. The second-order valence-electron chi connectivity index (χ2n) is 6.26. The van der Waals surface area contributed by atoms with E-state index < -0.39 is 0 Å². The Morgan fingerprint density at radius 3 is 2.31 bits per heavy atom. The molecule has 0 saturated heterocycles. The summed E-state index contributed by atoms with van der Waals surface area (Å²) < 4.78 is 5.21. The van der Waals surface area contributed by atoms with Crippen molar-refractivity contribution in [2.45, 2.75) is 44.7 Å². The molecule has 5 heteroatoms. The highest BCUT2D eigenvalue weighted by molar-refractivity contribution is 5.85. The summed E-state index contributed by atoms with van der Waals surface area (Å²) in [5, 5.41) is 3.15. The van der Waals surface area contributed by atoms with Gasteiger partial charge >= 0.3 is 0 Å². The van der Waals surface area contributed by atoms with Crippen molar-refractivity contribution in [1.29, 1.82) is 0 Å². The molecule has 26 heavy (non-hydrogen) atoms. The summed E-state index contributed by atoms with van der Waals surface area (Å²) >= 11 is 0. The van der Waals surface area contributed by atoms with Gasteiger partial charge in [-0.2, -0.15) is 0 Å². The van der Waals surface area contributed by atoms with Crippen molar-refractivity contribution >= 4 is 18.3 Å². The van der Waals surface area contributed by atoms with Crippen LogP contribution >= 0.6 is 12.4 Å². The van der Waals surface area contributed by atoms with Crippen LogP contribution in [0.2, 0.25) is 0 Å². The number of rotatable bonds is 9. The number of benzene rings is 2. The number of nitrogens with two attached hydrogens (primary N) is 1. The highest BCUT2D eigenvalue weighted by Gasteiger charge is 2.17. The summed E-state index contributed by atoms with van der Waals surface area (Å²) in [6, 6.07) is 17.3. The lowest BCUT2D eigenvalue weighted by atomic mass is 9.99. The Hall–Kier alpha value is -2.04. The van der Waals surface area contributed by atoms with Gasteiger partial charge in [0, 0.05) is 12.5 Å². The van der Waals surface area contributed by atoms with E-state index in [1.807, 2.05) is 54.6 Å². The van der Waals surface area contributed by atoms with Gasteiger partial charge in [-0.25, -0.2) is 0 Å². The van der Waals surface area contributed by atoms with Crippen LogP contribution in [-0.2, 0) is 4.79 Å². The van der Waals surface area contributed by atoms with Crippen LogP contribution in [0.1, 0.15) is 55.8 Å². The van der Waals surface area contributed by atoms with Crippen molar-refractivity contribution in [3.8, 4) is 5.75 Å². The van der Waals surface area contributed by atoms with Gasteiger partial charge in [-0.05, 0) is 29.7 Å². The number of nitrogens with one attached hydrogen (secondary N) is 1. The third kappa shape index (κ3) is 6.70. The van der Waals surface area contributed by atoms with E-state index in [4.69, 9.17) is 10.5 Å². The second kappa shape index (κ2) is 11.6. The molecule has 0 aromatic heterocycles. The van der Waals surface area contributed by atoms with Crippen LogP contribution in [0.15, 0.2) is 54.6 Å². The summed E-state index contributed by atoms with van der Waals surface area (Å²) in [4.78, 5) is 12.5. The lowest BCUT2D eigenvalue weighted by molar-refractivity contribution is -0.122. The van der Waals surface area contributed by atoms with E-state index in [1.165, 1.54) is 0 Å². The Kier molecular flexibility index (Phi) is 9.78. The average Bonchev–Trinajstić information content (AvgIpc) is 2.66. The minimum Gasteiger partial charge on any atom is -0.497 e. The molecular weight excluding hydrogens is 348 g/mol. The number of carbonyl (C=O) groups is 1. The third-order valence-corrected chi connectivity index (χ3v) is 4.33. The summed E-state index contributed by atoms with van der Waals surface area (Å²) in [5.74, 6) is 0.795. The predicted octanol–water partition coefficient (Wildman–Crippen LogP) is 4.55. The first kappa shape index (κ1) is 22.0. The third-order valence-electron chi connectivity index (χ3n) is 4.33. The van der Waals surface area contributed by atoms with E-state index in [0.29, 0.717) is 0 Å². The van der Waals surface area contributed by atoms with E-state index in [0.717, 1.165) is 36.1 Å². The van der Waals surface area contributed by atoms with Gasteiger partial charge in [0.2, 0.25) is 5.91 Å². The molecule has 2 unspecified atom stereocenters. The number of hydrogen-bond acceptors (Lipinski definition) is 3. The molecule has 4 nitrogen and oxygen atoms in total. The number of carbonyl (C=O) groups excluding carboxylic acids is 1. The number of halogens is 1. The quantitative estimate of drug-likeness (QED) is 0.674. The Morgan fingerprint density at radius 1 is 1.08 bits per heavy atom. The van der Waals surface area contributed by atoms with Crippen molar-refractivity contribution < 1.29 is 9.53 Å². The van der Waals surface area contributed by atoms with Gasteiger partial charge in [0.25, 0.3) is 0 Å². The highest BCUT2D eigenvalue weighted by Crippen LogP contribution is 2.23. The van der Waals surface area contributed by atoms with E-state index in [2.05, 4.69) is 12.2 Å². The summed E-state index contributed by atoms with van der Waals surface area (Å²) in [5.41, 5.74) is 8.24. The lowest BCUT2D eigenvalue weighted by Gasteiger charge is -2.21. The molecule has 0 saturated carbocycles. The fraction of sp³-hybridized carbons (Fsp3) is 0.381. The molecular formula is C21H29ClN2O2. The molecule has 0 radical (unpaired) electrons. The first-order chi connectivity index (χ1) is 12.1. The molecule has 0 bridgehead atoms. The molecule has 0 aliphatic heterocycles. The minimum absolute atomic E-state index is 0. The van der Waals surface area contributed by atoms with Gasteiger partial charge in [-0.3, -0.25) is 4.79 Å². The zero-order valence-corrected chi connectivity index (χ0v) is 16.3. The van der Waals surface area contributed by atoms with Gasteiger partial charge in [0.15, 0.2) is 0 Å². The number of ether oxygens (including phenoxy) is 1. The molecule has 3 N–H and O–H groups in total. The highest BCUT2D eigenvalue weighted by atomic mass is 35.5. The van der Waals surface area contributed by atoms with E-state index in [1.54, 1.807) is 7.11 Å². The number of unbranched alkanes of at least 4 members (excludes halogenated alkanes) is 1. The van der Waals surface area contributed by atoms with Crippen molar-refractivity contribution in [2.24, 2.45) is 5.73 Å². The largest absolute Gasteiger partial charge is 0.497 e. The average molecular weight is 377 g/mol. The molecule has 2 rings (SSSR count). The zero-order chi connectivity index (χ0) is 18.1. The van der Waals surface area contributed by atoms with Crippen LogP contribution in [0, 0.1) is 0 Å². The zero-order valence-electron chi connectivity index (χ0n) is 15.5. The topological polar surface area (TPSA) is 64.4 Å². The van der Waals surface area contributed by atoms with E-state index >= 15 is 0 Å². The van der Waals surface area contributed by atoms with Crippen LogP contribution in [0.3, 0.4) is 0 Å². The van der Waals surface area contributed by atoms with E-state index in [9.17, 15) is 4.79 Å². The molecule has 0 heterocycles. The smallest absolute Gasteiger partial charge is 0.222 e. The first-order valence-electron chi connectivity index (χ1n) is 8.88. The Morgan fingerprint density at radius 2 is 1.73 bits per heavy atom. The number of hydrogen-bond donors (Lipinski definition) is 2. The number of amides is 1. The molecule has 0 aliphatic rings. The molecule has 142 valence electrons. The van der Waals surface area contributed by atoms with Gasteiger partial charge < -0.3 is 15.8 Å². The van der Waals surface area contributed by atoms with E-state index in [-0.39, 0.29) is 36.8 Å². The molecule has 2 aromatic rings. The van der Waals surface area contributed by atoms with Gasteiger partial charge in [0.1, 0.15) is 5.75 Å². The van der Waals surface area contributed by atoms with Crippen molar-refractivity contribution in [1.82, 2.24) is 5.32 Å². The standard InChI is InChI=1S/C21H28N2O2.ClH/c1-3-4-10-20(17-11-13-18(25-2)14-12-17)23-21(24)15-19(22)16-8-6-5-7-9-16;/h5-9,11-14,19-20H,3-4,10,15,22H2,1-2H3,(H,23,24);1H. The van der Waals surface area contributed by atoms with Crippen LogP contribution < -0.4 is 15.8 Å². The SMILES string of the molecule is CCCCC(NC(=O)CC(N)c1ccccc1)c1ccc(OC)cc1.Cl. The van der Waals surface area contributed by atoms with Gasteiger partial charge in [0.05, 0.1) is 13.2 Å². The second-order valence-corrected chi connectivity index (χ2v) is 6.26. The Bertz CT molecular complexity index is 647. The monoisotopic (exact) mass is 376 g/mol. The molecule has 2 atom stereocenters. The summed E-state index contributed by atoms with van der Waals surface area (Å²) in [6.07, 6.45) is 3.34. The Balaban J connectivity index is 0.00000338. The van der Waals surface area contributed by atoms with Crippen molar-refractivity contribution in [2.75, 3.05) is 7.11 Å². The van der Waals surface area contributed by atoms with Gasteiger partial charge in [-0.15, -0.1) is 12.4 Å². The van der Waals surface area contributed by atoms with Crippen LogP contribution in [0.25, 0.3) is 0 Å². The summed E-state index contributed by atoms with van der Waals surface area (Å²) in [7, 11) is 1.65. The van der Waals surface area contributed by atoms with Gasteiger partial charge in [-0.1, -0.05) is 62.2 Å². The fourth-order valence-corrected chi connectivity index (χ4v) is 2.84. The predicted molar refractivity (Wildman–Crippen MR) is 109 cm³/mol. The minimum atomic E-state index is -0.288. The van der Waals surface area contributed by atoms with Crippen molar-refractivity contribution in [3.05, 3.63) is 65.7 Å². The number of methoxy groups -OCH3 is 1. The first-order valence-corrected chi connectivity index (χ1v) is 8.88. The Labute approximate surface area is 162 Å². The summed E-state index contributed by atoms with van der Waals surface area (Å²) in [6.45, 7) is 2.15. The molecule has 1 amide bonds. The maximum absolute atomic E-state index is 12.5. The van der Waals surface area contributed by atoms with Crippen LogP contribution in [0.4, 0.5) is 0 Å². The molecule has 2 aromatic carbocycles. The fourth-order valence-electron chi connectivity index (χ4n) is 2.84. The lowest BCUT2D eigenvalue weighted by Crippen LogP contribution is -2.31. The van der Waals surface area contributed by atoms with Crippen LogP contribution in [0.5, 0.6) is 5.75 Å². The maximum Gasteiger partial charge on any atom is 0.222 e. The molecule has 0 aliphatic carbocycles. The molecule has 0 fully saturated rings.